The molecule has 0 atom stereocenters. The van der Waals surface area contributed by atoms with Gasteiger partial charge in [-0.25, -0.2) is 4.99 Å². The molecule has 1 aromatic heterocycles. The van der Waals surface area contributed by atoms with E-state index >= 15 is 0 Å². The molecule has 0 aliphatic heterocycles. The van der Waals surface area contributed by atoms with Crippen molar-refractivity contribution in [2.45, 2.75) is 90.6 Å². The predicted molar refractivity (Wildman–Crippen MR) is 112 cm³/mol. The van der Waals surface area contributed by atoms with E-state index in [1.807, 2.05) is 13.0 Å². The third-order valence-corrected chi connectivity index (χ3v) is 5.33. The summed E-state index contributed by atoms with van der Waals surface area (Å²) < 4.78 is 5.43. The summed E-state index contributed by atoms with van der Waals surface area (Å²) in [5, 5.41) is 13.8. The van der Waals surface area contributed by atoms with E-state index < -0.39 is 0 Å². The quantitative estimate of drug-likeness (QED) is 0.420. The lowest BCUT2D eigenvalue weighted by atomic mass is 9.95. The van der Waals surface area contributed by atoms with Gasteiger partial charge in [0.1, 0.15) is 6.54 Å². The van der Waals surface area contributed by atoms with Crippen LogP contribution in [-0.2, 0) is 11.3 Å². The lowest BCUT2D eigenvalue weighted by Crippen LogP contribution is -2.41. The van der Waals surface area contributed by atoms with Crippen molar-refractivity contribution in [1.29, 1.82) is 0 Å². The molecule has 0 spiro atoms. The predicted octanol–water partition coefficient (Wildman–Crippen LogP) is 3.47. The SMILES string of the molecule is CCNC(=NCc1cc(C(CC)CC)no1)NCCC(=O)NC1CCCCC1. The third-order valence-electron chi connectivity index (χ3n) is 5.33. The minimum absolute atomic E-state index is 0.111. The Labute approximate surface area is 169 Å². The van der Waals surface area contributed by atoms with E-state index in [4.69, 9.17) is 4.52 Å². The Balaban J connectivity index is 1.77. The molecule has 1 aromatic rings. The molecule has 0 saturated heterocycles. The summed E-state index contributed by atoms with van der Waals surface area (Å²) in [4.78, 5) is 16.7. The molecule has 7 nitrogen and oxygen atoms in total. The summed E-state index contributed by atoms with van der Waals surface area (Å²) in [5.41, 5.74) is 1.01. The van der Waals surface area contributed by atoms with Crippen molar-refractivity contribution >= 4 is 11.9 Å². The van der Waals surface area contributed by atoms with Gasteiger partial charge < -0.3 is 20.5 Å². The minimum atomic E-state index is 0.111. The van der Waals surface area contributed by atoms with Gasteiger partial charge in [-0.3, -0.25) is 4.79 Å². The molecule has 0 aromatic carbocycles. The first kappa shape index (κ1) is 22.2. The molecule has 1 aliphatic rings. The van der Waals surface area contributed by atoms with Gasteiger partial charge in [-0.2, -0.15) is 0 Å². The van der Waals surface area contributed by atoms with E-state index in [9.17, 15) is 4.79 Å². The van der Waals surface area contributed by atoms with Crippen molar-refractivity contribution in [1.82, 2.24) is 21.1 Å². The molecule has 2 rings (SSSR count). The third kappa shape index (κ3) is 7.52. The van der Waals surface area contributed by atoms with Gasteiger partial charge in [0.15, 0.2) is 11.7 Å². The van der Waals surface area contributed by atoms with Crippen LogP contribution < -0.4 is 16.0 Å². The molecule has 0 unspecified atom stereocenters. The van der Waals surface area contributed by atoms with Gasteiger partial charge in [0.2, 0.25) is 5.91 Å². The number of carbonyl (C=O) groups excluding carboxylic acids is 1. The highest BCUT2D eigenvalue weighted by Gasteiger charge is 2.15. The van der Waals surface area contributed by atoms with Crippen molar-refractivity contribution in [3.05, 3.63) is 17.5 Å². The molecule has 1 saturated carbocycles. The molecule has 0 bridgehead atoms. The van der Waals surface area contributed by atoms with E-state index in [-0.39, 0.29) is 5.91 Å². The maximum Gasteiger partial charge on any atom is 0.221 e. The number of rotatable bonds is 10. The molecule has 7 heteroatoms. The zero-order valence-corrected chi connectivity index (χ0v) is 17.7. The molecule has 28 heavy (non-hydrogen) atoms. The van der Waals surface area contributed by atoms with Crippen molar-refractivity contribution in [3.8, 4) is 0 Å². The zero-order valence-electron chi connectivity index (χ0n) is 17.7. The van der Waals surface area contributed by atoms with Crippen LogP contribution in [-0.4, -0.2) is 36.2 Å². The number of hydrogen-bond acceptors (Lipinski definition) is 4. The highest BCUT2D eigenvalue weighted by atomic mass is 16.5. The maximum absolute atomic E-state index is 12.1. The average molecular weight is 392 g/mol. The summed E-state index contributed by atoms with van der Waals surface area (Å²) in [5.74, 6) is 2.00. The van der Waals surface area contributed by atoms with Gasteiger partial charge in [-0.1, -0.05) is 38.3 Å². The number of guanidine groups is 1. The molecular weight excluding hydrogens is 354 g/mol. The molecule has 3 N–H and O–H groups in total. The molecule has 1 heterocycles. The fraction of sp³-hybridized carbons (Fsp3) is 0.762. The summed E-state index contributed by atoms with van der Waals surface area (Å²) in [6, 6.07) is 2.36. The fourth-order valence-corrected chi connectivity index (χ4v) is 3.64. The van der Waals surface area contributed by atoms with Gasteiger partial charge in [0, 0.05) is 37.5 Å². The second-order valence-electron chi connectivity index (χ2n) is 7.51. The largest absolute Gasteiger partial charge is 0.359 e. The van der Waals surface area contributed by atoms with Crippen LogP contribution in [0.2, 0.25) is 0 Å². The highest BCUT2D eigenvalue weighted by molar-refractivity contribution is 5.81. The Bertz CT molecular complexity index is 604. The second kappa shape index (κ2) is 12.4. The molecule has 1 fully saturated rings. The fourth-order valence-electron chi connectivity index (χ4n) is 3.64. The summed E-state index contributed by atoms with van der Waals surface area (Å²) in [6.45, 7) is 8.09. The standard InChI is InChI=1S/C21H37N5O2/c1-4-16(5-2)19-14-18(28-26-19)15-24-21(22-6-3)23-13-12-20(27)25-17-10-8-7-9-11-17/h14,16-17H,4-13,15H2,1-3H3,(H,25,27)(H2,22,23,24). The number of hydrogen-bond donors (Lipinski definition) is 3. The molecular formula is C21H37N5O2. The number of nitrogens with zero attached hydrogens (tertiary/aromatic N) is 2. The Hall–Kier alpha value is -2.05. The van der Waals surface area contributed by atoms with Crippen LogP contribution in [0.25, 0.3) is 0 Å². The first-order chi connectivity index (χ1) is 13.7. The van der Waals surface area contributed by atoms with Crippen molar-refractivity contribution in [3.63, 3.8) is 0 Å². The maximum atomic E-state index is 12.1. The highest BCUT2D eigenvalue weighted by Crippen LogP contribution is 2.22. The summed E-state index contributed by atoms with van der Waals surface area (Å²) >= 11 is 0. The van der Waals surface area contributed by atoms with E-state index in [0.717, 1.165) is 43.7 Å². The number of aromatic nitrogens is 1. The van der Waals surface area contributed by atoms with Gasteiger partial charge in [-0.05, 0) is 32.6 Å². The van der Waals surface area contributed by atoms with Crippen LogP contribution in [0, 0.1) is 0 Å². The Kier molecular flexibility index (Phi) is 9.86. The van der Waals surface area contributed by atoms with Crippen LogP contribution in [0.5, 0.6) is 0 Å². The van der Waals surface area contributed by atoms with Crippen molar-refractivity contribution in [2.75, 3.05) is 13.1 Å². The van der Waals surface area contributed by atoms with E-state index in [0.29, 0.717) is 37.4 Å². The monoisotopic (exact) mass is 391 g/mol. The van der Waals surface area contributed by atoms with E-state index in [1.165, 1.54) is 19.3 Å². The van der Waals surface area contributed by atoms with Crippen molar-refractivity contribution < 1.29 is 9.32 Å². The Morgan fingerprint density at radius 2 is 1.96 bits per heavy atom. The number of carbonyl (C=O) groups is 1. The van der Waals surface area contributed by atoms with Crippen molar-refractivity contribution in [2.24, 2.45) is 4.99 Å². The Morgan fingerprint density at radius 3 is 2.64 bits per heavy atom. The smallest absolute Gasteiger partial charge is 0.221 e. The number of aliphatic imine (C=N–C) groups is 1. The van der Waals surface area contributed by atoms with Gasteiger partial charge in [0.05, 0.1) is 5.69 Å². The van der Waals surface area contributed by atoms with Crippen LogP contribution in [0.3, 0.4) is 0 Å². The lowest BCUT2D eigenvalue weighted by Gasteiger charge is -2.22. The number of nitrogens with one attached hydrogen (secondary N) is 3. The van der Waals surface area contributed by atoms with Crippen LogP contribution in [0.1, 0.15) is 89.5 Å². The second-order valence-corrected chi connectivity index (χ2v) is 7.51. The van der Waals surface area contributed by atoms with Crippen LogP contribution >= 0.6 is 0 Å². The Morgan fingerprint density at radius 1 is 1.21 bits per heavy atom. The van der Waals surface area contributed by atoms with Gasteiger partial charge in [0.25, 0.3) is 0 Å². The summed E-state index contributed by atoms with van der Waals surface area (Å²) in [6.07, 6.45) is 8.52. The molecule has 1 aliphatic carbocycles. The topological polar surface area (TPSA) is 91.6 Å². The normalized spacial score (nSPS) is 15.6. The summed E-state index contributed by atoms with van der Waals surface area (Å²) in [7, 11) is 0. The first-order valence-electron chi connectivity index (χ1n) is 10.9. The van der Waals surface area contributed by atoms with Crippen LogP contribution in [0.4, 0.5) is 0 Å². The molecule has 158 valence electrons. The van der Waals surface area contributed by atoms with E-state index in [1.54, 1.807) is 0 Å². The van der Waals surface area contributed by atoms with Gasteiger partial charge in [-0.15, -0.1) is 0 Å². The minimum Gasteiger partial charge on any atom is -0.359 e. The van der Waals surface area contributed by atoms with Crippen LogP contribution in [0.15, 0.2) is 15.6 Å². The van der Waals surface area contributed by atoms with Gasteiger partial charge >= 0.3 is 0 Å². The average Bonchev–Trinajstić information content (AvgIpc) is 3.16. The number of amides is 1. The zero-order chi connectivity index (χ0) is 20.2. The lowest BCUT2D eigenvalue weighted by molar-refractivity contribution is -0.121. The molecule has 0 radical (unpaired) electrons. The first-order valence-corrected chi connectivity index (χ1v) is 10.9. The molecule has 1 amide bonds. The van der Waals surface area contributed by atoms with E-state index in [2.05, 4.69) is 39.9 Å².